The highest BCUT2D eigenvalue weighted by molar-refractivity contribution is 5.02. The van der Waals surface area contributed by atoms with Gasteiger partial charge in [0.25, 0.3) is 0 Å². The van der Waals surface area contributed by atoms with Crippen molar-refractivity contribution in [3.63, 3.8) is 0 Å². The minimum absolute atomic E-state index is 0.804. The van der Waals surface area contributed by atoms with Crippen molar-refractivity contribution in [2.45, 2.75) is 32.7 Å². The molecule has 0 bridgehead atoms. The predicted octanol–water partition coefficient (Wildman–Crippen LogP) is 1.88. The normalized spacial score (nSPS) is 32.1. The molecule has 86 valence electrons. The lowest BCUT2D eigenvalue weighted by Gasteiger charge is -2.17. The summed E-state index contributed by atoms with van der Waals surface area (Å²) in [6.07, 6.45) is 2.73. The molecule has 1 heterocycles. The maximum absolute atomic E-state index is 4.16. The van der Waals surface area contributed by atoms with Gasteiger partial charge in [-0.25, -0.2) is 0 Å². The van der Waals surface area contributed by atoms with E-state index in [2.05, 4.69) is 30.6 Å². The molecule has 0 aromatic rings. The van der Waals surface area contributed by atoms with Crippen molar-refractivity contribution in [3.05, 3.63) is 12.2 Å². The van der Waals surface area contributed by atoms with Crippen LogP contribution in [0.5, 0.6) is 0 Å². The molecule has 2 fully saturated rings. The summed E-state index contributed by atoms with van der Waals surface area (Å²) in [6, 6.07) is 0.804. The molecule has 1 aliphatic heterocycles. The smallest absolute Gasteiger partial charge is 0.0203 e. The number of likely N-dealkylation sites (tertiary alicyclic amines) is 1. The van der Waals surface area contributed by atoms with E-state index in [9.17, 15) is 0 Å². The zero-order chi connectivity index (χ0) is 10.8. The molecule has 2 rings (SSSR count). The summed E-state index contributed by atoms with van der Waals surface area (Å²) in [5.74, 6) is 1.71. The van der Waals surface area contributed by atoms with Crippen molar-refractivity contribution in [1.29, 1.82) is 0 Å². The van der Waals surface area contributed by atoms with Crippen LogP contribution in [0.25, 0.3) is 0 Å². The van der Waals surface area contributed by atoms with Crippen LogP contribution >= 0.6 is 0 Å². The molecule has 0 radical (unpaired) electrons. The molecule has 2 atom stereocenters. The molecule has 2 heteroatoms. The fourth-order valence-corrected chi connectivity index (χ4v) is 2.33. The highest BCUT2D eigenvalue weighted by Crippen LogP contribution is 2.23. The lowest BCUT2D eigenvalue weighted by Crippen LogP contribution is -2.28. The number of rotatable bonds is 5. The van der Waals surface area contributed by atoms with Crippen LogP contribution in [0.2, 0.25) is 0 Å². The fraction of sp³-hybridized carbons (Fsp3) is 0.846. The van der Waals surface area contributed by atoms with Gasteiger partial charge in [0.05, 0.1) is 0 Å². The van der Waals surface area contributed by atoms with Crippen LogP contribution in [0.4, 0.5) is 0 Å². The average molecular weight is 208 g/mol. The van der Waals surface area contributed by atoms with E-state index in [1.165, 1.54) is 31.5 Å². The van der Waals surface area contributed by atoms with Gasteiger partial charge in [0.15, 0.2) is 0 Å². The monoisotopic (exact) mass is 208 g/mol. The molecule has 0 spiro atoms. The molecule has 0 aromatic carbocycles. The molecule has 2 nitrogen and oxygen atoms in total. The quantitative estimate of drug-likeness (QED) is 0.694. The largest absolute Gasteiger partial charge is 0.310 e. The highest BCUT2D eigenvalue weighted by Gasteiger charge is 2.26. The highest BCUT2D eigenvalue weighted by atomic mass is 15.2. The van der Waals surface area contributed by atoms with Crippen molar-refractivity contribution in [2.24, 2.45) is 11.8 Å². The first kappa shape index (κ1) is 11.2. The Morgan fingerprint density at radius 2 is 1.87 bits per heavy atom. The first-order valence-electron chi connectivity index (χ1n) is 6.27. The predicted molar refractivity (Wildman–Crippen MR) is 64.9 cm³/mol. The summed E-state index contributed by atoms with van der Waals surface area (Å²) in [6.45, 7) is 13.5. The topological polar surface area (TPSA) is 15.3 Å². The number of hydrogen-bond donors (Lipinski definition) is 1. The van der Waals surface area contributed by atoms with Crippen LogP contribution < -0.4 is 5.32 Å². The van der Waals surface area contributed by atoms with Crippen LogP contribution in [-0.4, -0.2) is 37.1 Å². The van der Waals surface area contributed by atoms with Gasteiger partial charge in [0.2, 0.25) is 0 Å². The van der Waals surface area contributed by atoms with Crippen molar-refractivity contribution >= 4 is 0 Å². The van der Waals surface area contributed by atoms with E-state index in [1.54, 1.807) is 0 Å². The van der Waals surface area contributed by atoms with Crippen LogP contribution in [0.3, 0.4) is 0 Å². The van der Waals surface area contributed by atoms with Gasteiger partial charge in [0.1, 0.15) is 0 Å². The van der Waals surface area contributed by atoms with Gasteiger partial charge in [-0.2, -0.15) is 0 Å². The molecule has 2 unspecified atom stereocenters. The summed E-state index contributed by atoms with van der Waals surface area (Å²) < 4.78 is 0. The molecular formula is C13H24N2. The zero-order valence-electron chi connectivity index (χ0n) is 10.1. The Labute approximate surface area is 93.7 Å². The summed E-state index contributed by atoms with van der Waals surface area (Å²) in [7, 11) is 0. The van der Waals surface area contributed by atoms with E-state index in [4.69, 9.17) is 0 Å². The Kier molecular flexibility index (Phi) is 3.47. The van der Waals surface area contributed by atoms with E-state index in [-0.39, 0.29) is 0 Å². The summed E-state index contributed by atoms with van der Waals surface area (Å²) >= 11 is 0. The molecule has 2 aliphatic rings. The third-order valence-corrected chi connectivity index (χ3v) is 3.73. The van der Waals surface area contributed by atoms with Crippen LogP contribution in [0, 0.1) is 11.8 Å². The number of hydrogen-bond acceptors (Lipinski definition) is 2. The van der Waals surface area contributed by atoms with Crippen molar-refractivity contribution < 1.29 is 0 Å². The molecule has 1 N–H and O–H groups in total. The third kappa shape index (κ3) is 3.32. The zero-order valence-corrected chi connectivity index (χ0v) is 10.1. The second-order valence-corrected chi connectivity index (χ2v) is 5.55. The fourth-order valence-electron chi connectivity index (χ4n) is 2.33. The second-order valence-electron chi connectivity index (χ2n) is 5.55. The van der Waals surface area contributed by atoms with E-state index < -0.39 is 0 Å². The van der Waals surface area contributed by atoms with Crippen molar-refractivity contribution in [3.8, 4) is 0 Å². The van der Waals surface area contributed by atoms with Gasteiger partial charge in [0, 0.05) is 32.2 Å². The van der Waals surface area contributed by atoms with Gasteiger partial charge in [-0.15, -0.1) is 0 Å². The van der Waals surface area contributed by atoms with Crippen LogP contribution in [0.1, 0.15) is 26.7 Å². The standard InChI is InChI=1S/C13H24N2/c1-10(6-14-13-4-5-13)7-15-8-11(2)12(3)9-15/h11-14H,1,4-9H2,2-3H3. The van der Waals surface area contributed by atoms with Crippen LogP contribution in [-0.2, 0) is 0 Å². The van der Waals surface area contributed by atoms with Gasteiger partial charge >= 0.3 is 0 Å². The first-order valence-corrected chi connectivity index (χ1v) is 6.27. The minimum Gasteiger partial charge on any atom is -0.310 e. The summed E-state index contributed by atoms with van der Waals surface area (Å²) in [4.78, 5) is 2.55. The van der Waals surface area contributed by atoms with Gasteiger partial charge in [-0.3, -0.25) is 4.90 Å². The van der Waals surface area contributed by atoms with E-state index in [1.807, 2.05) is 0 Å². The number of nitrogens with one attached hydrogen (secondary N) is 1. The summed E-state index contributed by atoms with van der Waals surface area (Å²) in [5.41, 5.74) is 1.35. The maximum Gasteiger partial charge on any atom is 0.0203 e. The molecule has 15 heavy (non-hydrogen) atoms. The Morgan fingerprint density at radius 3 is 2.40 bits per heavy atom. The van der Waals surface area contributed by atoms with E-state index in [0.717, 1.165) is 31.0 Å². The SMILES string of the molecule is C=C(CNC1CC1)CN1CC(C)C(C)C1. The molecule has 1 saturated heterocycles. The third-order valence-electron chi connectivity index (χ3n) is 3.73. The van der Waals surface area contributed by atoms with Gasteiger partial charge < -0.3 is 5.32 Å². The Bertz CT molecular complexity index is 223. The Hall–Kier alpha value is -0.340. The Morgan fingerprint density at radius 1 is 1.27 bits per heavy atom. The Balaban J connectivity index is 1.65. The van der Waals surface area contributed by atoms with Crippen molar-refractivity contribution in [2.75, 3.05) is 26.2 Å². The lowest BCUT2D eigenvalue weighted by atomic mass is 10.0. The maximum atomic E-state index is 4.16. The number of nitrogens with zero attached hydrogens (tertiary/aromatic N) is 1. The van der Waals surface area contributed by atoms with Crippen LogP contribution in [0.15, 0.2) is 12.2 Å². The first-order chi connectivity index (χ1) is 7.15. The van der Waals surface area contributed by atoms with Crippen molar-refractivity contribution in [1.82, 2.24) is 10.2 Å². The molecule has 0 aromatic heterocycles. The summed E-state index contributed by atoms with van der Waals surface area (Å²) in [5, 5.41) is 3.53. The average Bonchev–Trinajstić information content (AvgIpc) is 2.93. The van der Waals surface area contributed by atoms with Gasteiger partial charge in [-0.1, -0.05) is 20.4 Å². The minimum atomic E-state index is 0.804. The molecule has 1 saturated carbocycles. The van der Waals surface area contributed by atoms with E-state index in [0.29, 0.717) is 0 Å². The van der Waals surface area contributed by atoms with E-state index >= 15 is 0 Å². The molecule has 1 aliphatic carbocycles. The molecular weight excluding hydrogens is 184 g/mol. The lowest BCUT2D eigenvalue weighted by molar-refractivity contribution is 0.348. The second kappa shape index (κ2) is 4.67. The molecule has 0 amide bonds. The van der Waals surface area contributed by atoms with Gasteiger partial charge in [-0.05, 0) is 30.3 Å².